The minimum absolute atomic E-state index is 0.0551. The Kier molecular flexibility index (Phi) is 5.15. The number of fused-ring (bicyclic) bond motifs is 1. The molecule has 130 valence electrons. The Morgan fingerprint density at radius 2 is 2.12 bits per heavy atom. The van der Waals surface area contributed by atoms with E-state index in [9.17, 15) is 14.9 Å². The summed E-state index contributed by atoms with van der Waals surface area (Å²) in [6.07, 6.45) is 0.863. The summed E-state index contributed by atoms with van der Waals surface area (Å²) >= 11 is 7.45. The molecule has 0 saturated carbocycles. The van der Waals surface area contributed by atoms with E-state index in [2.05, 4.69) is 5.32 Å². The van der Waals surface area contributed by atoms with E-state index in [0.29, 0.717) is 39.9 Å². The Morgan fingerprint density at radius 3 is 2.80 bits per heavy atom. The molecule has 1 N–H and O–H groups in total. The number of aryl methyl sites for hydroxylation is 1. The van der Waals surface area contributed by atoms with Crippen LogP contribution in [0.3, 0.4) is 0 Å². The third kappa shape index (κ3) is 3.88. The Labute approximate surface area is 153 Å². The molecule has 0 aromatic heterocycles. The third-order valence-corrected chi connectivity index (χ3v) is 5.30. The number of hydrogen-bond acceptors (Lipinski definition) is 5. The van der Waals surface area contributed by atoms with Crippen LogP contribution in [-0.4, -0.2) is 17.9 Å². The van der Waals surface area contributed by atoms with Gasteiger partial charge in [0.1, 0.15) is 5.75 Å². The quantitative estimate of drug-likeness (QED) is 0.472. The minimum Gasteiger partial charge on any atom is -0.495 e. The summed E-state index contributed by atoms with van der Waals surface area (Å²) in [5.74, 6) is 1.02. The molecule has 0 radical (unpaired) electrons. The summed E-state index contributed by atoms with van der Waals surface area (Å²) in [5.41, 5.74) is 2.42. The van der Waals surface area contributed by atoms with Crippen LogP contribution in [0.15, 0.2) is 35.2 Å². The molecule has 1 amide bonds. The molecule has 3 rings (SSSR count). The van der Waals surface area contributed by atoms with Gasteiger partial charge in [-0.3, -0.25) is 14.9 Å². The smallest absolute Gasteiger partial charge is 0.283 e. The number of nitrogens with zero attached hydrogens (tertiary/aromatic N) is 1. The maximum absolute atomic E-state index is 11.6. The van der Waals surface area contributed by atoms with Crippen molar-refractivity contribution in [1.82, 2.24) is 0 Å². The normalized spacial score (nSPS) is 13.1. The van der Waals surface area contributed by atoms with Crippen LogP contribution in [0.4, 0.5) is 11.4 Å². The first-order valence-corrected chi connectivity index (χ1v) is 8.90. The average molecular weight is 379 g/mol. The first kappa shape index (κ1) is 17.6. The number of nitro benzene ring substituents is 1. The Morgan fingerprint density at radius 1 is 1.32 bits per heavy atom. The van der Waals surface area contributed by atoms with Gasteiger partial charge in [-0.1, -0.05) is 17.7 Å². The van der Waals surface area contributed by atoms with E-state index >= 15 is 0 Å². The van der Waals surface area contributed by atoms with E-state index in [1.165, 1.54) is 11.8 Å². The molecule has 8 heteroatoms. The number of hydrogen-bond donors (Lipinski definition) is 1. The number of thioether (sulfide) groups is 1. The average Bonchev–Trinajstić information content (AvgIpc) is 2.59. The molecule has 2 aromatic carbocycles. The number of carbonyl (C=O) groups excluding carboxylic acids is 1. The van der Waals surface area contributed by atoms with Gasteiger partial charge in [0.25, 0.3) is 5.69 Å². The molecule has 1 aliphatic heterocycles. The summed E-state index contributed by atoms with van der Waals surface area (Å²) in [6, 6.07) is 8.64. The van der Waals surface area contributed by atoms with Gasteiger partial charge in [0, 0.05) is 23.9 Å². The zero-order valence-corrected chi connectivity index (χ0v) is 14.9. The zero-order valence-electron chi connectivity index (χ0n) is 13.4. The lowest BCUT2D eigenvalue weighted by molar-refractivity contribution is -0.387. The number of benzene rings is 2. The standard InChI is InChI=1S/C17H15ClN2O4S/c1-24-15-4-2-10(6-12(15)18)9-25-16-8-13-11(3-5-17(21)19-13)7-14(16)20(22)23/h2,4,6-8H,3,5,9H2,1H3,(H,19,21). The number of amides is 1. The molecule has 25 heavy (non-hydrogen) atoms. The van der Waals surface area contributed by atoms with Gasteiger partial charge >= 0.3 is 0 Å². The van der Waals surface area contributed by atoms with Gasteiger partial charge < -0.3 is 10.1 Å². The Balaban J connectivity index is 1.86. The van der Waals surface area contributed by atoms with Crippen LogP contribution in [0.2, 0.25) is 5.02 Å². The molecule has 0 atom stereocenters. The van der Waals surface area contributed by atoms with E-state index < -0.39 is 0 Å². The van der Waals surface area contributed by atoms with E-state index in [1.807, 2.05) is 6.07 Å². The maximum atomic E-state index is 11.6. The lowest BCUT2D eigenvalue weighted by Crippen LogP contribution is -2.19. The Bertz CT molecular complexity index is 857. The van der Waals surface area contributed by atoms with Crippen molar-refractivity contribution in [2.24, 2.45) is 0 Å². The number of ether oxygens (including phenoxy) is 1. The molecular weight excluding hydrogens is 364 g/mol. The summed E-state index contributed by atoms with van der Waals surface area (Å²) in [6.45, 7) is 0. The van der Waals surface area contributed by atoms with Crippen LogP contribution in [0, 0.1) is 10.1 Å². The van der Waals surface area contributed by atoms with E-state index in [4.69, 9.17) is 16.3 Å². The van der Waals surface area contributed by atoms with Gasteiger partial charge in [-0.2, -0.15) is 0 Å². The lowest BCUT2D eigenvalue weighted by atomic mass is 10.0. The molecular formula is C17H15ClN2O4S. The van der Waals surface area contributed by atoms with E-state index in [0.717, 1.165) is 11.1 Å². The first-order valence-electron chi connectivity index (χ1n) is 7.54. The third-order valence-electron chi connectivity index (χ3n) is 3.89. The fourth-order valence-corrected chi connectivity index (χ4v) is 3.88. The Hall–Kier alpha value is -2.25. The summed E-state index contributed by atoms with van der Waals surface area (Å²) in [7, 11) is 1.54. The van der Waals surface area contributed by atoms with Crippen molar-refractivity contribution in [1.29, 1.82) is 0 Å². The van der Waals surface area contributed by atoms with Gasteiger partial charge in [0.05, 0.1) is 22.0 Å². The van der Waals surface area contributed by atoms with Crippen LogP contribution in [-0.2, 0) is 17.0 Å². The highest BCUT2D eigenvalue weighted by Gasteiger charge is 2.22. The predicted octanol–water partition coefficient (Wildman–Crippen LogP) is 4.43. The van der Waals surface area contributed by atoms with Crippen molar-refractivity contribution in [3.8, 4) is 5.75 Å². The van der Waals surface area contributed by atoms with Gasteiger partial charge in [-0.15, -0.1) is 11.8 Å². The van der Waals surface area contributed by atoms with Crippen molar-refractivity contribution >= 4 is 40.6 Å². The predicted molar refractivity (Wildman–Crippen MR) is 97.6 cm³/mol. The van der Waals surface area contributed by atoms with Gasteiger partial charge in [0.2, 0.25) is 5.91 Å². The molecule has 0 fully saturated rings. The number of methoxy groups -OCH3 is 1. The van der Waals surface area contributed by atoms with Crippen LogP contribution >= 0.6 is 23.4 Å². The summed E-state index contributed by atoms with van der Waals surface area (Å²) in [5, 5.41) is 14.7. The summed E-state index contributed by atoms with van der Waals surface area (Å²) in [4.78, 5) is 23.1. The van der Waals surface area contributed by atoms with Gasteiger partial charge in [-0.25, -0.2) is 0 Å². The molecule has 0 saturated heterocycles. The fourth-order valence-electron chi connectivity index (χ4n) is 2.61. The number of halogens is 1. The number of nitrogens with one attached hydrogen (secondary N) is 1. The van der Waals surface area contributed by atoms with Crippen LogP contribution in [0.25, 0.3) is 0 Å². The largest absolute Gasteiger partial charge is 0.495 e. The number of carbonyl (C=O) groups is 1. The lowest BCUT2D eigenvalue weighted by Gasteiger charge is -2.17. The highest BCUT2D eigenvalue weighted by atomic mass is 35.5. The number of anilines is 1. The molecule has 6 nitrogen and oxygen atoms in total. The maximum Gasteiger partial charge on any atom is 0.283 e. The zero-order chi connectivity index (χ0) is 18.0. The highest BCUT2D eigenvalue weighted by molar-refractivity contribution is 7.98. The second kappa shape index (κ2) is 7.33. The monoisotopic (exact) mass is 378 g/mol. The molecule has 0 aliphatic carbocycles. The number of rotatable bonds is 5. The molecule has 0 unspecified atom stereocenters. The minimum atomic E-state index is -0.389. The first-order chi connectivity index (χ1) is 12.0. The van der Waals surface area contributed by atoms with Crippen molar-refractivity contribution in [3.63, 3.8) is 0 Å². The van der Waals surface area contributed by atoms with Gasteiger partial charge in [0.15, 0.2) is 0 Å². The summed E-state index contributed by atoms with van der Waals surface area (Å²) < 4.78 is 5.12. The van der Waals surface area contributed by atoms with E-state index in [1.54, 1.807) is 31.4 Å². The molecule has 2 aromatic rings. The van der Waals surface area contributed by atoms with Crippen molar-refractivity contribution in [2.75, 3.05) is 12.4 Å². The molecule has 1 aliphatic rings. The SMILES string of the molecule is COc1ccc(CSc2cc3c(cc2[N+](=O)[O-])CCC(=O)N3)cc1Cl. The van der Waals surface area contributed by atoms with Crippen molar-refractivity contribution < 1.29 is 14.5 Å². The van der Waals surface area contributed by atoms with Crippen LogP contribution in [0.1, 0.15) is 17.5 Å². The second-order valence-corrected chi connectivity index (χ2v) is 6.96. The number of nitro groups is 1. The second-order valence-electron chi connectivity index (χ2n) is 5.54. The molecule has 0 spiro atoms. The van der Waals surface area contributed by atoms with Gasteiger partial charge in [-0.05, 0) is 35.7 Å². The highest BCUT2D eigenvalue weighted by Crippen LogP contribution is 2.38. The fraction of sp³-hybridized carbons (Fsp3) is 0.235. The van der Waals surface area contributed by atoms with Crippen LogP contribution < -0.4 is 10.1 Å². The molecule has 0 bridgehead atoms. The van der Waals surface area contributed by atoms with Crippen molar-refractivity contribution in [3.05, 3.63) is 56.6 Å². The van der Waals surface area contributed by atoms with Crippen LogP contribution in [0.5, 0.6) is 5.75 Å². The van der Waals surface area contributed by atoms with Crippen molar-refractivity contribution in [2.45, 2.75) is 23.5 Å². The molecule has 1 heterocycles. The topological polar surface area (TPSA) is 81.5 Å². The van der Waals surface area contributed by atoms with E-state index in [-0.39, 0.29) is 16.5 Å².